The number of hydrogen-bond acceptors (Lipinski definition) is 5. The van der Waals surface area contributed by atoms with E-state index in [-0.39, 0.29) is 0 Å². The maximum Gasteiger partial charge on any atom is 0.226 e. The summed E-state index contributed by atoms with van der Waals surface area (Å²) in [5, 5.41) is 4.53. The number of aromatic nitrogens is 2. The van der Waals surface area contributed by atoms with E-state index < -0.39 is 0 Å². The molecule has 2 fully saturated rings. The van der Waals surface area contributed by atoms with Crippen molar-refractivity contribution in [2.24, 2.45) is 5.92 Å². The van der Waals surface area contributed by atoms with Crippen molar-refractivity contribution in [2.45, 2.75) is 45.6 Å². The summed E-state index contributed by atoms with van der Waals surface area (Å²) in [5.74, 6) is 2.83. The lowest BCUT2D eigenvalue weighted by atomic mass is 10.3. The first-order valence-corrected chi connectivity index (χ1v) is 8.85. The zero-order chi connectivity index (χ0) is 14.4. The lowest BCUT2D eigenvalue weighted by Gasteiger charge is -2.24. The van der Waals surface area contributed by atoms with Gasteiger partial charge in [-0.3, -0.25) is 0 Å². The highest BCUT2D eigenvalue weighted by atomic mass is 32.1. The number of aryl methyl sites for hydroxylation is 1. The van der Waals surface area contributed by atoms with Crippen LogP contribution in [0, 0.1) is 12.8 Å². The summed E-state index contributed by atoms with van der Waals surface area (Å²) >= 11 is 1.77. The Balaban J connectivity index is 1.79. The van der Waals surface area contributed by atoms with Crippen molar-refractivity contribution < 1.29 is 0 Å². The third-order valence-corrected chi connectivity index (χ3v) is 5.19. The van der Waals surface area contributed by atoms with Gasteiger partial charge in [-0.25, -0.2) is 4.98 Å². The fourth-order valence-electron chi connectivity index (χ4n) is 2.86. The molecule has 2 aliphatic carbocycles. The summed E-state index contributed by atoms with van der Waals surface area (Å²) in [6.07, 6.45) is 5.41. The second-order valence-corrected chi connectivity index (χ2v) is 7.54. The Bertz CT molecular complexity index is 658. The molecule has 112 valence electrons. The third kappa shape index (κ3) is 2.71. The zero-order valence-electron chi connectivity index (χ0n) is 12.7. The van der Waals surface area contributed by atoms with E-state index in [1.165, 1.54) is 42.5 Å². The van der Waals surface area contributed by atoms with Crippen LogP contribution in [-0.4, -0.2) is 29.1 Å². The molecule has 5 heteroatoms. The van der Waals surface area contributed by atoms with Crippen LogP contribution in [0.1, 0.15) is 37.5 Å². The van der Waals surface area contributed by atoms with Crippen LogP contribution in [-0.2, 0) is 0 Å². The van der Waals surface area contributed by atoms with Gasteiger partial charge >= 0.3 is 0 Å². The van der Waals surface area contributed by atoms with E-state index in [4.69, 9.17) is 4.98 Å². The van der Waals surface area contributed by atoms with E-state index in [0.717, 1.165) is 29.1 Å². The minimum atomic E-state index is 0.707. The Kier molecular flexibility index (Phi) is 3.25. The first-order valence-electron chi connectivity index (χ1n) is 8.03. The van der Waals surface area contributed by atoms with Gasteiger partial charge in [0.15, 0.2) is 0 Å². The topological polar surface area (TPSA) is 41.1 Å². The summed E-state index contributed by atoms with van der Waals surface area (Å²) in [4.78, 5) is 14.5. The van der Waals surface area contributed by atoms with Gasteiger partial charge in [0, 0.05) is 24.0 Å². The van der Waals surface area contributed by atoms with Crippen LogP contribution in [0.2, 0.25) is 0 Å². The standard InChI is InChI=1S/C16H22N4S/c1-3-17-16-18-14(13-8-10(2)21-15(13)19-16)20(12-6-7-12)9-11-4-5-11/h8,11-12H,3-7,9H2,1-2H3,(H,17,18,19). The molecule has 0 unspecified atom stereocenters. The molecule has 2 saturated carbocycles. The largest absolute Gasteiger partial charge is 0.354 e. The van der Waals surface area contributed by atoms with Gasteiger partial charge in [-0.15, -0.1) is 11.3 Å². The molecule has 0 radical (unpaired) electrons. The van der Waals surface area contributed by atoms with Crippen molar-refractivity contribution in [1.29, 1.82) is 0 Å². The second kappa shape index (κ2) is 5.13. The lowest BCUT2D eigenvalue weighted by Crippen LogP contribution is -2.29. The Morgan fingerprint density at radius 3 is 2.76 bits per heavy atom. The molecule has 4 rings (SSSR count). The second-order valence-electron chi connectivity index (χ2n) is 6.30. The molecule has 2 aromatic rings. The van der Waals surface area contributed by atoms with Crippen LogP contribution < -0.4 is 10.2 Å². The molecule has 0 aromatic carbocycles. The molecule has 0 aliphatic heterocycles. The van der Waals surface area contributed by atoms with Gasteiger partial charge in [0.05, 0.1) is 5.39 Å². The van der Waals surface area contributed by atoms with Gasteiger partial charge in [0.1, 0.15) is 10.6 Å². The Labute approximate surface area is 129 Å². The van der Waals surface area contributed by atoms with Crippen molar-refractivity contribution in [2.75, 3.05) is 23.3 Å². The van der Waals surface area contributed by atoms with Gasteiger partial charge in [-0.2, -0.15) is 4.98 Å². The molecular formula is C16H22N4S. The average Bonchev–Trinajstić information content (AvgIpc) is 3.33. The lowest BCUT2D eigenvalue weighted by molar-refractivity contribution is 0.711. The predicted molar refractivity (Wildman–Crippen MR) is 89.4 cm³/mol. The number of hydrogen-bond donors (Lipinski definition) is 1. The fraction of sp³-hybridized carbons (Fsp3) is 0.625. The molecule has 0 spiro atoms. The first-order chi connectivity index (χ1) is 10.2. The normalized spacial score (nSPS) is 18.2. The summed E-state index contributed by atoms with van der Waals surface area (Å²) in [7, 11) is 0. The average molecular weight is 302 g/mol. The van der Waals surface area contributed by atoms with Crippen molar-refractivity contribution in [3.8, 4) is 0 Å². The maximum absolute atomic E-state index is 4.86. The molecule has 2 aromatic heterocycles. The predicted octanol–water partition coefficient (Wildman–Crippen LogP) is 3.81. The van der Waals surface area contributed by atoms with E-state index in [1.54, 1.807) is 11.3 Å². The molecular weight excluding hydrogens is 280 g/mol. The van der Waals surface area contributed by atoms with Gasteiger partial charge in [0.25, 0.3) is 0 Å². The van der Waals surface area contributed by atoms with E-state index in [1.807, 2.05) is 0 Å². The Morgan fingerprint density at radius 2 is 2.10 bits per heavy atom. The number of nitrogens with zero attached hydrogens (tertiary/aromatic N) is 3. The highest BCUT2D eigenvalue weighted by molar-refractivity contribution is 7.18. The SMILES string of the molecule is CCNc1nc(N(CC2CC2)C2CC2)c2cc(C)sc2n1. The van der Waals surface area contributed by atoms with Crippen molar-refractivity contribution in [1.82, 2.24) is 9.97 Å². The molecule has 0 atom stereocenters. The number of anilines is 2. The molecule has 21 heavy (non-hydrogen) atoms. The Morgan fingerprint density at radius 1 is 1.29 bits per heavy atom. The highest BCUT2D eigenvalue weighted by Gasteiger charge is 2.35. The van der Waals surface area contributed by atoms with Gasteiger partial charge in [-0.1, -0.05) is 0 Å². The van der Waals surface area contributed by atoms with Crippen LogP contribution in [0.3, 0.4) is 0 Å². The van der Waals surface area contributed by atoms with E-state index >= 15 is 0 Å². The summed E-state index contributed by atoms with van der Waals surface area (Å²) in [6.45, 7) is 6.29. The van der Waals surface area contributed by atoms with Crippen molar-refractivity contribution in [3.63, 3.8) is 0 Å². The molecule has 2 aliphatic rings. The first kappa shape index (κ1) is 13.3. The number of nitrogens with one attached hydrogen (secondary N) is 1. The van der Waals surface area contributed by atoms with Crippen LogP contribution in [0.15, 0.2) is 6.07 Å². The van der Waals surface area contributed by atoms with E-state index in [9.17, 15) is 0 Å². The molecule has 0 saturated heterocycles. The molecule has 0 amide bonds. The number of thiophene rings is 1. The summed E-state index contributed by atoms with van der Waals surface area (Å²) in [6, 6.07) is 2.96. The number of fused-ring (bicyclic) bond motifs is 1. The van der Waals surface area contributed by atoms with E-state index in [2.05, 4.69) is 35.1 Å². The zero-order valence-corrected chi connectivity index (χ0v) is 13.5. The van der Waals surface area contributed by atoms with E-state index in [0.29, 0.717) is 6.04 Å². The summed E-state index contributed by atoms with van der Waals surface area (Å²) in [5.41, 5.74) is 0. The Hall–Kier alpha value is -1.36. The van der Waals surface area contributed by atoms with Gasteiger partial charge in [-0.05, 0) is 51.5 Å². The molecule has 4 nitrogen and oxygen atoms in total. The minimum absolute atomic E-state index is 0.707. The molecule has 1 N–H and O–H groups in total. The maximum atomic E-state index is 4.86. The molecule has 2 heterocycles. The summed E-state index contributed by atoms with van der Waals surface area (Å²) < 4.78 is 0. The van der Waals surface area contributed by atoms with Crippen LogP contribution in [0.5, 0.6) is 0 Å². The smallest absolute Gasteiger partial charge is 0.226 e. The van der Waals surface area contributed by atoms with Crippen molar-refractivity contribution in [3.05, 3.63) is 10.9 Å². The van der Waals surface area contributed by atoms with Gasteiger partial charge < -0.3 is 10.2 Å². The van der Waals surface area contributed by atoms with Crippen molar-refractivity contribution >= 4 is 33.3 Å². The molecule has 0 bridgehead atoms. The van der Waals surface area contributed by atoms with Gasteiger partial charge in [0.2, 0.25) is 5.95 Å². The highest BCUT2D eigenvalue weighted by Crippen LogP contribution is 2.40. The van der Waals surface area contributed by atoms with Crippen LogP contribution in [0.4, 0.5) is 11.8 Å². The fourth-order valence-corrected chi connectivity index (χ4v) is 3.73. The van der Waals surface area contributed by atoms with Crippen LogP contribution in [0.25, 0.3) is 10.2 Å². The number of rotatable bonds is 6. The minimum Gasteiger partial charge on any atom is -0.354 e. The quantitative estimate of drug-likeness (QED) is 0.881. The monoisotopic (exact) mass is 302 g/mol. The van der Waals surface area contributed by atoms with Crippen LogP contribution >= 0.6 is 11.3 Å². The third-order valence-electron chi connectivity index (χ3n) is 4.24.